The minimum absolute atomic E-state index is 0.0838. The number of hydrogen-bond acceptors (Lipinski definition) is 4. The van der Waals surface area contributed by atoms with E-state index in [1.165, 1.54) is 23.5 Å². The van der Waals surface area contributed by atoms with Gasteiger partial charge in [-0.1, -0.05) is 29.5 Å². The lowest BCUT2D eigenvalue weighted by Gasteiger charge is -2.22. The Kier molecular flexibility index (Phi) is 5.11. The Balaban J connectivity index is 2.01. The molecule has 1 amide bonds. The fraction of sp³-hybridized carbons (Fsp3) is 0.263. The van der Waals surface area contributed by atoms with Crippen molar-refractivity contribution in [3.63, 3.8) is 0 Å². The third-order valence-corrected chi connectivity index (χ3v) is 5.00. The lowest BCUT2D eigenvalue weighted by molar-refractivity contribution is 0.0984. The summed E-state index contributed by atoms with van der Waals surface area (Å²) >= 11 is 1.34. The number of thiazole rings is 1. The van der Waals surface area contributed by atoms with Crippen LogP contribution in [0.4, 0.5) is 9.52 Å². The fourth-order valence-electron chi connectivity index (χ4n) is 2.54. The Bertz CT molecular complexity index is 907. The van der Waals surface area contributed by atoms with Crippen LogP contribution < -0.4 is 4.90 Å². The van der Waals surface area contributed by atoms with Crippen molar-refractivity contribution in [2.45, 2.75) is 6.92 Å². The number of rotatable bonds is 5. The second-order valence-corrected chi connectivity index (χ2v) is 7.19. The minimum atomic E-state index is -0.298. The zero-order valence-corrected chi connectivity index (χ0v) is 15.3. The van der Waals surface area contributed by atoms with Crippen LogP contribution in [0.5, 0.6) is 0 Å². The summed E-state index contributed by atoms with van der Waals surface area (Å²) in [6.45, 7) is 3.15. The molecule has 0 bridgehead atoms. The number of carbonyl (C=O) groups excluding carboxylic acids is 1. The number of carbonyl (C=O) groups is 1. The van der Waals surface area contributed by atoms with Gasteiger partial charge in [0.15, 0.2) is 5.13 Å². The highest BCUT2D eigenvalue weighted by Gasteiger charge is 2.22. The van der Waals surface area contributed by atoms with Crippen molar-refractivity contribution < 1.29 is 9.18 Å². The highest BCUT2D eigenvalue weighted by atomic mass is 32.1. The molecule has 0 aliphatic rings. The molecular formula is C19H20FN3OS. The first-order valence-electron chi connectivity index (χ1n) is 8.04. The SMILES string of the molecule is Cc1ccccc1C(=O)N(CCN(C)C)c1nc2ccc(F)cc2s1. The van der Waals surface area contributed by atoms with E-state index in [0.717, 1.165) is 10.3 Å². The van der Waals surface area contributed by atoms with Crippen molar-refractivity contribution >= 4 is 32.6 Å². The number of halogens is 1. The molecule has 1 heterocycles. The Labute approximate surface area is 150 Å². The van der Waals surface area contributed by atoms with E-state index in [-0.39, 0.29) is 11.7 Å². The smallest absolute Gasteiger partial charge is 0.260 e. The summed E-state index contributed by atoms with van der Waals surface area (Å²) in [4.78, 5) is 21.4. The van der Waals surface area contributed by atoms with E-state index in [1.54, 1.807) is 11.0 Å². The van der Waals surface area contributed by atoms with Gasteiger partial charge in [-0.15, -0.1) is 0 Å². The molecule has 0 spiro atoms. The lowest BCUT2D eigenvalue weighted by atomic mass is 10.1. The molecule has 3 aromatic rings. The largest absolute Gasteiger partial charge is 0.308 e. The number of aryl methyl sites for hydroxylation is 1. The number of anilines is 1. The van der Waals surface area contributed by atoms with E-state index < -0.39 is 0 Å². The molecule has 6 heteroatoms. The van der Waals surface area contributed by atoms with Crippen molar-refractivity contribution in [2.75, 3.05) is 32.1 Å². The Hall–Kier alpha value is -2.31. The summed E-state index contributed by atoms with van der Waals surface area (Å²) in [6.07, 6.45) is 0. The third kappa shape index (κ3) is 3.86. The van der Waals surface area contributed by atoms with E-state index >= 15 is 0 Å². The van der Waals surface area contributed by atoms with E-state index in [2.05, 4.69) is 4.98 Å². The molecule has 2 aromatic carbocycles. The molecule has 0 aliphatic heterocycles. The minimum Gasteiger partial charge on any atom is -0.308 e. The molecule has 130 valence electrons. The molecule has 0 fully saturated rings. The monoisotopic (exact) mass is 357 g/mol. The number of hydrogen-bond donors (Lipinski definition) is 0. The first-order chi connectivity index (χ1) is 12.0. The van der Waals surface area contributed by atoms with Gasteiger partial charge in [0.1, 0.15) is 5.82 Å². The molecule has 0 saturated carbocycles. The Morgan fingerprint density at radius 3 is 2.64 bits per heavy atom. The van der Waals surface area contributed by atoms with Gasteiger partial charge in [0, 0.05) is 18.7 Å². The first kappa shape index (κ1) is 17.5. The number of likely N-dealkylation sites (N-methyl/N-ethyl adjacent to an activating group) is 1. The summed E-state index contributed by atoms with van der Waals surface area (Å²) in [6, 6.07) is 12.0. The highest BCUT2D eigenvalue weighted by molar-refractivity contribution is 7.22. The third-order valence-electron chi connectivity index (χ3n) is 3.96. The van der Waals surface area contributed by atoms with E-state index in [4.69, 9.17) is 0 Å². The molecule has 25 heavy (non-hydrogen) atoms. The van der Waals surface area contributed by atoms with Crippen molar-refractivity contribution in [2.24, 2.45) is 0 Å². The van der Waals surface area contributed by atoms with Gasteiger partial charge in [0.05, 0.1) is 10.2 Å². The Morgan fingerprint density at radius 1 is 1.16 bits per heavy atom. The van der Waals surface area contributed by atoms with Crippen LogP contribution in [-0.2, 0) is 0 Å². The predicted molar refractivity (Wildman–Crippen MR) is 101 cm³/mol. The van der Waals surface area contributed by atoms with Gasteiger partial charge in [-0.05, 0) is 50.8 Å². The van der Waals surface area contributed by atoms with Gasteiger partial charge in [-0.3, -0.25) is 9.69 Å². The standard InChI is InChI=1S/C19H20FN3OS/c1-13-6-4-5-7-15(13)18(24)23(11-10-22(2)3)19-21-16-9-8-14(20)12-17(16)25-19/h4-9,12H,10-11H2,1-3H3. The number of aromatic nitrogens is 1. The van der Waals surface area contributed by atoms with Crippen molar-refractivity contribution in [3.8, 4) is 0 Å². The van der Waals surface area contributed by atoms with Crippen LogP contribution in [0, 0.1) is 12.7 Å². The van der Waals surface area contributed by atoms with E-state index in [1.807, 2.05) is 50.2 Å². The average molecular weight is 357 g/mol. The van der Waals surface area contributed by atoms with Gasteiger partial charge in [-0.25, -0.2) is 9.37 Å². The average Bonchev–Trinajstić information content (AvgIpc) is 2.97. The zero-order valence-electron chi connectivity index (χ0n) is 14.5. The molecule has 0 radical (unpaired) electrons. The molecule has 1 aromatic heterocycles. The normalized spacial score (nSPS) is 11.2. The molecule has 0 aliphatic carbocycles. The maximum Gasteiger partial charge on any atom is 0.260 e. The fourth-order valence-corrected chi connectivity index (χ4v) is 3.56. The van der Waals surface area contributed by atoms with Crippen LogP contribution in [0.2, 0.25) is 0 Å². The van der Waals surface area contributed by atoms with Gasteiger partial charge in [0.2, 0.25) is 0 Å². The van der Waals surface area contributed by atoms with E-state index in [0.29, 0.717) is 29.3 Å². The molecule has 0 atom stereocenters. The summed E-state index contributed by atoms with van der Waals surface area (Å²) < 4.78 is 14.2. The molecule has 4 nitrogen and oxygen atoms in total. The summed E-state index contributed by atoms with van der Waals surface area (Å²) in [5.74, 6) is -0.382. The maximum atomic E-state index is 13.5. The number of amides is 1. The van der Waals surface area contributed by atoms with Gasteiger partial charge in [-0.2, -0.15) is 0 Å². The summed E-state index contributed by atoms with van der Waals surface area (Å²) in [5.41, 5.74) is 2.29. The number of nitrogens with zero attached hydrogens (tertiary/aromatic N) is 3. The summed E-state index contributed by atoms with van der Waals surface area (Å²) in [5, 5.41) is 0.593. The van der Waals surface area contributed by atoms with Crippen molar-refractivity contribution in [3.05, 3.63) is 59.4 Å². The van der Waals surface area contributed by atoms with Crippen molar-refractivity contribution in [1.29, 1.82) is 0 Å². The van der Waals surface area contributed by atoms with Crippen LogP contribution in [0.25, 0.3) is 10.2 Å². The molecular weight excluding hydrogens is 337 g/mol. The van der Waals surface area contributed by atoms with Crippen LogP contribution in [0.3, 0.4) is 0 Å². The van der Waals surface area contributed by atoms with Gasteiger partial charge >= 0.3 is 0 Å². The molecule has 0 unspecified atom stereocenters. The van der Waals surface area contributed by atoms with Gasteiger partial charge < -0.3 is 4.90 Å². The lowest BCUT2D eigenvalue weighted by Crippen LogP contribution is -2.37. The van der Waals surface area contributed by atoms with E-state index in [9.17, 15) is 9.18 Å². The van der Waals surface area contributed by atoms with Crippen LogP contribution >= 0.6 is 11.3 Å². The van der Waals surface area contributed by atoms with Crippen LogP contribution in [0.15, 0.2) is 42.5 Å². The van der Waals surface area contributed by atoms with Crippen LogP contribution in [0.1, 0.15) is 15.9 Å². The second-order valence-electron chi connectivity index (χ2n) is 6.18. The topological polar surface area (TPSA) is 36.4 Å². The van der Waals surface area contributed by atoms with Gasteiger partial charge in [0.25, 0.3) is 5.91 Å². The first-order valence-corrected chi connectivity index (χ1v) is 8.85. The quantitative estimate of drug-likeness (QED) is 0.694. The molecule has 0 saturated heterocycles. The maximum absolute atomic E-state index is 13.5. The number of fused-ring (bicyclic) bond motifs is 1. The zero-order chi connectivity index (χ0) is 18.0. The summed E-state index contributed by atoms with van der Waals surface area (Å²) in [7, 11) is 3.92. The number of benzene rings is 2. The van der Waals surface area contributed by atoms with Crippen molar-refractivity contribution in [1.82, 2.24) is 9.88 Å². The molecule has 3 rings (SSSR count). The highest BCUT2D eigenvalue weighted by Crippen LogP contribution is 2.30. The molecule has 0 N–H and O–H groups in total. The predicted octanol–water partition coefficient (Wildman–Crippen LogP) is 3.95. The Morgan fingerprint density at radius 2 is 1.92 bits per heavy atom. The van der Waals surface area contributed by atoms with Crippen LogP contribution in [-0.4, -0.2) is 43.0 Å². The second kappa shape index (κ2) is 7.29.